The maximum atomic E-state index is 14.1. The third-order valence-electron chi connectivity index (χ3n) is 6.37. The van der Waals surface area contributed by atoms with E-state index in [2.05, 4.69) is 5.32 Å². The van der Waals surface area contributed by atoms with Crippen LogP contribution >= 0.6 is 11.6 Å². The Morgan fingerprint density at radius 1 is 1.00 bits per heavy atom. The molecule has 0 aliphatic rings. The first-order valence-electron chi connectivity index (χ1n) is 13.3. The van der Waals surface area contributed by atoms with E-state index in [9.17, 15) is 18.0 Å². The summed E-state index contributed by atoms with van der Waals surface area (Å²) in [6.07, 6.45) is 0.325. The van der Waals surface area contributed by atoms with E-state index < -0.39 is 34.1 Å². The van der Waals surface area contributed by atoms with Gasteiger partial charge in [-0.3, -0.25) is 13.9 Å². The fourth-order valence-electron chi connectivity index (χ4n) is 4.31. The van der Waals surface area contributed by atoms with Gasteiger partial charge in [0.25, 0.3) is 10.0 Å². The Kier molecular flexibility index (Phi) is 10.4. The molecule has 10 heteroatoms. The van der Waals surface area contributed by atoms with Gasteiger partial charge in [-0.25, -0.2) is 8.42 Å². The lowest BCUT2D eigenvalue weighted by molar-refractivity contribution is -0.141. The summed E-state index contributed by atoms with van der Waals surface area (Å²) in [6.45, 7) is 8.87. The normalized spacial score (nSPS) is 12.4. The lowest BCUT2D eigenvalue weighted by Crippen LogP contribution is -2.55. The quantitative estimate of drug-likeness (QED) is 0.311. The Morgan fingerprint density at radius 2 is 1.63 bits per heavy atom. The van der Waals surface area contributed by atoms with Crippen LogP contribution in [0.5, 0.6) is 5.75 Å². The third-order valence-corrected chi connectivity index (χ3v) is 8.41. The van der Waals surface area contributed by atoms with E-state index in [0.29, 0.717) is 22.9 Å². The van der Waals surface area contributed by atoms with Crippen molar-refractivity contribution in [3.05, 3.63) is 88.9 Å². The SMILES string of the molecule is CCC(C(=O)NC(C)(C)C)N(Cc1cccc(OC)c1)C(=O)CN(c1ccc(C)cc1)S(=O)(=O)c1ccc(Cl)cc1. The molecule has 0 saturated carbocycles. The zero-order chi connectivity index (χ0) is 30.4. The molecule has 0 spiro atoms. The number of hydrogen-bond donors (Lipinski definition) is 1. The molecule has 41 heavy (non-hydrogen) atoms. The smallest absolute Gasteiger partial charge is 0.264 e. The number of carbonyl (C=O) groups excluding carboxylic acids is 2. The van der Waals surface area contributed by atoms with Crippen molar-refractivity contribution in [3.63, 3.8) is 0 Å². The summed E-state index contributed by atoms with van der Waals surface area (Å²) in [7, 11) is -2.62. The standard InChI is InChI=1S/C31H38ClN3O5S/c1-7-28(30(37)33-31(3,4)5)34(20-23-9-8-10-26(19-23)40-6)29(36)21-35(25-15-11-22(2)12-16-25)41(38,39)27-17-13-24(32)14-18-27/h8-19,28H,7,20-21H2,1-6H3,(H,33,37). The number of sulfonamides is 1. The fraction of sp³-hybridized carbons (Fsp3) is 0.355. The number of rotatable bonds is 11. The molecule has 3 aromatic rings. The molecule has 1 N–H and O–H groups in total. The maximum absolute atomic E-state index is 14.1. The first-order valence-corrected chi connectivity index (χ1v) is 15.2. The molecule has 1 atom stereocenters. The molecule has 0 saturated heterocycles. The van der Waals surface area contributed by atoms with Crippen molar-refractivity contribution in [2.75, 3.05) is 18.0 Å². The molecule has 8 nitrogen and oxygen atoms in total. The summed E-state index contributed by atoms with van der Waals surface area (Å²) in [6, 6.07) is 19.0. The first-order chi connectivity index (χ1) is 19.2. The molecule has 220 valence electrons. The number of amides is 2. The maximum Gasteiger partial charge on any atom is 0.264 e. The van der Waals surface area contributed by atoms with E-state index in [1.807, 2.05) is 40.7 Å². The van der Waals surface area contributed by atoms with Crippen LogP contribution in [0, 0.1) is 6.92 Å². The first kappa shape index (κ1) is 32.0. The summed E-state index contributed by atoms with van der Waals surface area (Å²) in [5.74, 6) is -0.241. The number of hydrogen-bond acceptors (Lipinski definition) is 5. The highest BCUT2D eigenvalue weighted by Gasteiger charge is 2.34. The van der Waals surface area contributed by atoms with Crippen LogP contribution in [0.2, 0.25) is 5.02 Å². The van der Waals surface area contributed by atoms with Crippen molar-refractivity contribution < 1.29 is 22.7 Å². The average Bonchev–Trinajstić information content (AvgIpc) is 2.91. The van der Waals surface area contributed by atoms with Gasteiger partial charge < -0.3 is 15.0 Å². The molecule has 3 aromatic carbocycles. The summed E-state index contributed by atoms with van der Waals surface area (Å²) in [5, 5.41) is 3.36. The number of ether oxygens (including phenoxy) is 1. The minimum absolute atomic E-state index is 0.00728. The Bertz CT molecular complexity index is 1450. The van der Waals surface area contributed by atoms with Crippen molar-refractivity contribution in [3.8, 4) is 5.75 Å². The molecule has 0 heterocycles. The van der Waals surface area contributed by atoms with Crippen LogP contribution in [0.1, 0.15) is 45.2 Å². The zero-order valence-corrected chi connectivity index (χ0v) is 25.9. The van der Waals surface area contributed by atoms with E-state index in [0.717, 1.165) is 15.4 Å². The predicted molar refractivity (Wildman–Crippen MR) is 163 cm³/mol. The third kappa shape index (κ3) is 8.47. The highest BCUT2D eigenvalue weighted by Crippen LogP contribution is 2.26. The topological polar surface area (TPSA) is 96.0 Å². The second kappa shape index (κ2) is 13.4. The van der Waals surface area contributed by atoms with Gasteiger partial charge in [0, 0.05) is 17.1 Å². The molecule has 0 radical (unpaired) electrons. The van der Waals surface area contributed by atoms with E-state index >= 15 is 0 Å². The van der Waals surface area contributed by atoms with Crippen molar-refractivity contribution >= 4 is 39.1 Å². The Balaban J connectivity index is 2.07. The van der Waals surface area contributed by atoms with Crippen LogP contribution in [-0.2, 0) is 26.2 Å². The number of nitrogens with one attached hydrogen (secondary N) is 1. The lowest BCUT2D eigenvalue weighted by Gasteiger charge is -2.34. The molecule has 1 unspecified atom stereocenters. The predicted octanol–water partition coefficient (Wildman–Crippen LogP) is 5.57. The molecular formula is C31H38ClN3O5S. The lowest BCUT2D eigenvalue weighted by atomic mass is 10.1. The summed E-state index contributed by atoms with van der Waals surface area (Å²) < 4.78 is 34.2. The molecule has 0 aliphatic heterocycles. The van der Waals surface area contributed by atoms with Gasteiger partial charge in [-0.2, -0.15) is 0 Å². The average molecular weight is 600 g/mol. The highest BCUT2D eigenvalue weighted by molar-refractivity contribution is 7.92. The molecular weight excluding hydrogens is 562 g/mol. The van der Waals surface area contributed by atoms with Gasteiger partial charge in [0.1, 0.15) is 18.3 Å². The minimum Gasteiger partial charge on any atom is -0.497 e. The number of halogens is 1. The van der Waals surface area contributed by atoms with E-state index in [1.54, 1.807) is 49.6 Å². The molecule has 0 fully saturated rings. The van der Waals surface area contributed by atoms with Gasteiger partial charge in [-0.05, 0) is 88.2 Å². The van der Waals surface area contributed by atoms with Crippen molar-refractivity contribution in [1.82, 2.24) is 10.2 Å². The second-order valence-electron chi connectivity index (χ2n) is 10.8. The summed E-state index contributed by atoms with van der Waals surface area (Å²) >= 11 is 6.01. The van der Waals surface area contributed by atoms with Crippen LogP contribution in [0.3, 0.4) is 0 Å². The van der Waals surface area contributed by atoms with E-state index in [4.69, 9.17) is 16.3 Å². The molecule has 3 rings (SSSR count). The number of methoxy groups -OCH3 is 1. The Hall–Kier alpha value is -3.56. The largest absolute Gasteiger partial charge is 0.497 e. The van der Waals surface area contributed by atoms with Crippen LogP contribution in [-0.4, -0.2) is 50.4 Å². The number of benzene rings is 3. The van der Waals surface area contributed by atoms with E-state index in [-0.39, 0.29) is 17.3 Å². The molecule has 0 aliphatic carbocycles. The zero-order valence-electron chi connectivity index (χ0n) is 24.3. The van der Waals surface area contributed by atoms with Gasteiger partial charge in [0.15, 0.2) is 0 Å². The summed E-state index contributed by atoms with van der Waals surface area (Å²) in [5.41, 5.74) is 1.48. The Morgan fingerprint density at radius 3 is 2.20 bits per heavy atom. The van der Waals surface area contributed by atoms with Gasteiger partial charge in [-0.1, -0.05) is 48.4 Å². The van der Waals surface area contributed by atoms with Crippen LogP contribution in [0.25, 0.3) is 0 Å². The van der Waals surface area contributed by atoms with Crippen LogP contribution in [0.15, 0.2) is 77.7 Å². The Labute approximate surface area is 248 Å². The number of aryl methyl sites for hydroxylation is 1. The monoisotopic (exact) mass is 599 g/mol. The van der Waals surface area contributed by atoms with Crippen LogP contribution < -0.4 is 14.4 Å². The molecule has 0 bridgehead atoms. The van der Waals surface area contributed by atoms with Gasteiger partial charge in [-0.15, -0.1) is 0 Å². The van der Waals surface area contributed by atoms with Crippen molar-refractivity contribution in [2.45, 2.75) is 64.1 Å². The number of nitrogens with zero attached hydrogens (tertiary/aromatic N) is 2. The van der Waals surface area contributed by atoms with E-state index in [1.165, 1.54) is 29.2 Å². The van der Waals surface area contributed by atoms with Crippen LogP contribution in [0.4, 0.5) is 5.69 Å². The second-order valence-corrected chi connectivity index (χ2v) is 13.1. The molecule has 0 aromatic heterocycles. The summed E-state index contributed by atoms with van der Waals surface area (Å²) in [4.78, 5) is 29.0. The van der Waals surface area contributed by atoms with Gasteiger partial charge >= 0.3 is 0 Å². The van der Waals surface area contributed by atoms with Crippen molar-refractivity contribution in [2.24, 2.45) is 0 Å². The van der Waals surface area contributed by atoms with Crippen molar-refractivity contribution in [1.29, 1.82) is 0 Å². The highest BCUT2D eigenvalue weighted by atomic mass is 35.5. The van der Waals surface area contributed by atoms with Gasteiger partial charge in [0.05, 0.1) is 17.7 Å². The fourth-order valence-corrected chi connectivity index (χ4v) is 5.85. The molecule has 2 amide bonds. The number of anilines is 1. The van der Waals surface area contributed by atoms with Gasteiger partial charge in [0.2, 0.25) is 11.8 Å². The minimum atomic E-state index is -4.17. The number of carbonyl (C=O) groups is 2.